The molecule has 2 aliphatic rings. The zero-order valence-corrected chi connectivity index (χ0v) is 13.1. The Hall–Kier alpha value is -2.70. The molecule has 0 spiro atoms. The van der Waals surface area contributed by atoms with Crippen LogP contribution in [0.1, 0.15) is 59.8 Å². The number of carbonyl (C=O) groups is 1. The molecule has 1 N–H and O–H groups in total. The highest BCUT2D eigenvalue weighted by molar-refractivity contribution is 6.04. The predicted molar refractivity (Wildman–Crippen MR) is 85.4 cm³/mol. The third-order valence-electron chi connectivity index (χ3n) is 4.87. The Kier molecular flexibility index (Phi) is 2.95. The molecule has 1 aliphatic carbocycles. The zero-order chi connectivity index (χ0) is 16.1. The largest absolute Gasteiger partial charge is 0.339 e. The van der Waals surface area contributed by atoms with E-state index < -0.39 is 0 Å². The van der Waals surface area contributed by atoms with Crippen LogP contribution in [-0.4, -0.2) is 37.7 Å². The van der Waals surface area contributed by atoms with Gasteiger partial charge in [0.25, 0.3) is 5.91 Å². The highest BCUT2D eigenvalue weighted by atomic mass is 16.5. The molecule has 0 radical (unpaired) electrons. The lowest BCUT2D eigenvalue weighted by atomic mass is 10.1. The third kappa shape index (κ3) is 2.11. The van der Waals surface area contributed by atoms with E-state index in [4.69, 9.17) is 4.52 Å². The lowest BCUT2D eigenvalue weighted by Gasteiger charge is -2.21. The lowest BCUT2D eigenvalue weighted by molar-refractivity contribution is 0.0724. The fourth-order valence-corrected chi connectivity index (χ4v) is 3.42. The average Bonchev–Trinajstić information content (AvgIpc) is 3.06. The van der Waals surface area contributed by atoms with Crippen molar-refractivity contribution in [1.82, 2.24) is 25.2 Å². The van der Waals surface area contributed by atoms with Crippen LogP contribution in [0, 0.1) is 0 Å². The van der Waals surface area contributed by atoms with Gasteiger partial charge >= 0.3 is 0 Å². The summed E-state index contributed by atoms with van der Waals surface area (Å²) in [5.74, 6) is 1.69. The van der Waals surface area contributed by atoms with Gasteiger partial charge in [0.05, 0.1) is 11.6 Å². The van der Waals surface area contributed by atoms with E-state index >= 15 is 0 Å². The van der Waals surface area contributed by atoms with Crippen LogP contribution in [0.5, 0.6) is 0 Å². The summed E-state index contributed by atoms with van der Waals surface area (Å²) in [6, 6.07) is 7.55. The van der Waals surface area contributed by atoms with Crippen molar-refractivity contribution < 1.29 is 9.32 Å². The van der Waals surface area contributed by atoms with E-state index in [0.29, 0.717) is 24.0 Å². The fraction of sp³-hybridized carbons (Fsp3) is 0.412. The summed E-state index contributed by atoms with van der Waals surface area (Å²) in [6.07, 6.45) is 4.03. The van der Waals surface area contributed by atoms with Crippen molar-refractivity contribution >= 4 is 16.8 Å². The van der Waals surface area contributed by atoms with Crippen LogP contribution >= 0.6 is 0 Å². The summed E-state index contributed by atoms with van der Waals surface area (Å²) in [5.41, 5.74) is 1.33. The number of nitrogens with one attached hydrogen (secondary N) is 1. The number of carbonyl (C=O) groups excluding carboxylic acids is 1. The van der Waals surface area contributed by atoms with Gasteiger partial charge in [-0.15, -0.1) is 0 Å². The van der Waals surface area contributed by atoms with E-state index in [1.807, 2.05) is 29.2 Å². The lowest BCUT2D eigenvalue weighted by Crippen LogP contribution is -2.31. The first-order valence-electron chi connectivity index (χ1n) is 8.39. The molecule has 1 aromatic carbocycles. The maximum atomic E-state index is 13.0. The summed E-state index contributed by atoms with van der Waals surface area (Å²) in [5, 5.41) is 12.1. The minimum absolute atomic E-state index is 0.0762. The number of hydrogen-bond acceptors (Lipinski definition) is 5. The Morgan fingerprint density at radius 3 is 3.00 bits per heavy atom. The van der Waals surface area contributed by atoms with Crippen molar-refractivity contribution in [2.75, 3.05) is 6.54 Å². The first-order chi connectivity index (χ1) is 11.8. The topological polar surface area (TPSA) is 87.9 Å². The summed E-state index contributed by atoms with van der Waals surface area (Å²) in [6.45, 7) is 0.692. The molecule has 3 aromatic rings. The van der Waals surface area contributed by atoms with Crippen molar-refractivity contribution in [2.24, 2.45) is 0 Å². The second kappa shape index (κ2) is 5.15. The molecule has 122 valence electrons. The number of para-hydroxylation sites is 1. The van der Waals surface area contributed by atoms with Gasteiger partial charge in [0.2, 0.25) is 5.89 Å². The van der Waals surface area contributed by atoms with Crippen molar-refractivity contribution in [1.29, 1.82) is 0 Å². The van der Waals surface area contributed by atoms with Gasteiger partial charge in [0.15, 0.2) is 11.5 Å². The summed E-state index contributed by atoms with van der Waals surface area (Å²) in [4.78, 5) is 19.4. The Morgan fingerprint density at radius 2 is 2.12 bits per heavy atom. The molecular formula is C17H17N5O2. The van der Waals surface area contributed by atoms with Gasteiger partial charge in [0.1, 0.15) is 0 Å². The number of hydrogen-bond donors (Lipinski definition) is 1. The van der Waals surface area contributed by atoms with E-state index in [-0.39, 0.29) is 11.9 Å². The number of fused-ring (bicyclic) bond motifs is 1. The SMILES string of the molecule is O=C(c1n[nH]c2ccccc12)N1CCCC1c1noc(C2CC2)n1. The van der Waals surface area contributed by atoms with Crippen LogP contribution in [-0.2, 0) is 0 Å². The van der Waals surface area contributed by atoms with E-state index in [9.17, 15) is 4.79 Å². The molecule has 2 aromatic heterocycles. The smallest absolute Gasteiger partial charge is 0.275 e. The second-order valence-electron chi connectivity index (χ2n) is 6.54. The normalized spacial score (nSPS) is 20.8. The summed E-state index contributed by atoms with van der Waals surface area (Å²) >= 11 is 0. The number of likely N-dealkylation sites (tertiary alicyclic amines) is 1. The van der Waals surface area contributed by atoms with Crippen LogP contribution in [0.25, 0.3) is 10.9 Å². The average molecular weight is 323 g/mol. The Morgan fingerprint density at radius 1 is 1.25 bits per heavy atom. The van der Waals surface area contributed by atoms with E-state index in [0.717, 1.165) is 42.5 Å². The van der Waals surface area contributed by atoms with E-state index in [1.54, 1.807) is 0 Å². The third-order valence-corrected chi connectivity index (χ3v) is 4.87. The van der Waals surface area contributed by atoms with Crippen LogP contribution in [0.4, 0.5) is 0 Å². The van der Waals surface area contributed by atoms with Gasteiger partial charge in [0, 0.05) is 17.8 Å². The molecule has 1 unspecified atom stereocenters. The summed E-state index contributed by atoms with van der Waals surface area (Å²) in [7, 11) is 0. The predicted octanol–water partition coefficient (Wildman–Crippen LogP) is 2.80. The molecule has 1 saturated heterocycles. The second-order valence-corrected chi connectivity index (χ2v) is 6.54. The molecule has 1 aliphatic heterocycles. The molecule has 7 heteroatoms. The molecule has 1 saturated carbocycles. The van der Waals surface area contributed by atoms with Crippen molar-refractivity contribution in [3.63, 3.8) is 0 Å². The fourth-order valence-electron chi connectivity index (χ4n) is 3.42. The van der Waals surface area contributed by atoms with Crippen LogP contribution in [0.15, 0.2) is 28.8 Å². The monoisotopic (exact) mass is 323 g/mol. The summed E-state index contributed by atoms with van der Waals surface area (Å²) < 4.78 is 5.37. The highest BCUT2D eigenvalue weighted by Gasteiger charge is 2.37. The molecule has 24 heavy (non-hydrogen) atoms. The van der Waals surface area contributed by atoms with Crippen molar-refractivity contribution in [2.45, 2.75) is 37.6 Å². The molecule has 1 atom stereocenters. The molecule has 7 nitrogen and oxygen atoms in total. The number of benzene rings is 1. The van der Waals surface area contributed by atoms with Crippen molar-refractivity contribution in [3.05, 3.63) is 41.7 Å². The molecule has 3 heterocycles. The number of amides is 1. The zero-order valence-electron chi connectivity index (χ0n) is 13.1. The van der Waals surface area contributed by atoms with Crippen molar-refractivity contribution in [3.8, 4) is 0 Å². The Bertz CT molecular complexity index is 910. The van der Waals surface area contributed by atoms with Gasteiger partial charge in [-0.3, -0.25) is 9.89 Å². The first-order valence-corrected chi connectivity index (χ1v) is 8.39. The Labute approximate surface area is 138 Å². The van der Waals surface area contributed by atoms with Crippen LogP contribution < -0.4 is 0 Å². The molecular weight excluding hydrogens is 306 g/mol. The maximum absolute atomic E-state index is 13.0. The number of aromatic amines is 1. The van der Waals surface area contributed by atoms with E-state index in [2.05, 4.69) is 20.3 Å². The number of aromatic nitrogens is 4. The van der Waals surface area contributed by atoms with Gasteiger partial charge in [-0.25, -0.2) is 0 Å². The number of rotatable bonds is 3. The number of nitrogens with zero attached hydrogens (tertiary/aromatic N) is 4. The van der Waals surface area contributed by atoms with Crippen LogP contribution in [0.2, 0.25) is 0 Å². The van der Waals surface area contributed by atoms with Gasteiger partial charge < -0.3 is 9.42 Å². The van der Waals surface area contributed by atoms with Gasteiger partial charge in [-0.2, -0.15) is 10.1 Å². The Balaban J connectivity index is 1.46. The molecule has 1 amide bonds. The molecule has 5 rings (SSSR count). The molecule has 0 bridgehead atoms. The number of H-pyrrole nitrogens is 1. The van der Waals surface area contributed by atoms with E-state index in [1.165, 1.54) is 0 Å². The minimum atomic E-state index is -0.121. The molecule has 2 fully saturated rings. The van der Waals surface area contributed by atoms with Gasteiger partial charge in [-0.1, -0.05) is 23.4 Å². The first kappa shape index (κ1) is 13.7. The van der Waals surface area contributed by atoms with Gasteiger partial charge in [-0.05, 0) is 31.7 Å². The maximum Gasteiger partial charge on any atom is 0.275 e. The standard InChI is InChI=1S/C17H17N5O2/c23-17(14-11-4-1-2-5-12(11)19-20-14)22-9-3-6-13(22)15-18-16(24-21-15)10-7-8-10/h1-2,4-5,10,13H,3,6-9H2,(H,19,20). The highest BCUT2D eigenvalue weighted by Crippen LogP contribution is 2.40. The van der Waals surface area contributed by atoms with Crippen LogP contribution in [0.3, 0.4) is 0 Å². The quantitative estimate of drug-likeness (QED) is 0.800. The minimum Gasteiger partial charge on any atom is -0.339 e.